The molecule has 0 aromatic heterocycles. The number of carbonyl (C=O) groups is 1. The summed E-state index contributed by atoms with van der Waals surface area (Å²) >= 11 is 0. The van der Waals surface area contributed by atoms with Gasteiger partial charge in [0, 0.05) is 7.11 Å². The second-order valence-corrected chi connectivity index (χ2v) is 0.455. The van der Waals surface area contributed by atoms with Crippen LogP contribution in [-0.2, 0) is 24.3 Å². The van der Waals surface area contributed by atoms with Crippen LogP contribution < -0.4 is 0 Å². The van der Waals surface area contributed by atoms with Gasteiger partial charge in [-0.05, 0) is 0 Å². The van der Waals surface area contributed by atoms with Crippen LogP contribution in [0.25, 0.3) is 0 Å². The Balaban J connectivity index is -0.0000000183. The Labute approximate surface area is 64.0 Å². The minimum absolute atomic E-state index is 0. The van der Waals surface area contributed by atoms with Crippen LogP contribution in [0.3, 0.4) is 0 Å². The summed E-state index contributed by atoms with van der Waals surface area (Å²) in [7, 11) is 1.00. The van der Waals surface area contributed by atoms with E-state index in [2.05, 4.69) is 6.92 Å². The molecule has 0 aromatic carbocycles. The molecule has 3 heteroatoms. The molecule has 0 aromatic rings. The molecule has 0 unspecified atom stereocenters. The fourth-order valence-electron chi connectivity index (χ4n) is 0. The molecule has 1 N–H and O–H groups in total. The van der Waals surface area contributed by atoms with Crippen molar-refractivity contribution in [2.75, 3.05) is 7.11 Å². The van der Waals surface area contributed by atoms with Crippen molar-refractivity contribution in [3.63, 3.8) is 0 Å². The summed E-state index contributed by atoms with van der Waals surface area (Å²) in [5.41, 5.74) is 0. The van der Waals surface area contributed by atoms with Crippen molar-refractivity contribution in [1.29, 1.82) is 0 Å². The normalized spacial score (nSPS) is 3.88. The van der Waals surface area contributed by atoms with Crippen LogP contribution in [0.1, 0.15) is 6.42 Å². The van der Waals surface area contributed by atoms with Gasteiger partial charge in [-0.25, -0.2) is 0 Å². The van der Waals surface area contributed by atoms with Gasteiger partial charge in [-0.15, -0.1) is 6.42 Å². The van der Waals surface area contributed by atoms with Crippen LogP contribution in [0.5, 0.6) is 0 Å². The van der Waals surface area contributed by atoms with Gasteiger partial charge in [-0.2, -0.15) is 0 Å². The van der Waals surface area contributed by atoms with E-state index in [0.717, 1.165) is 13.4 Å². The van der Waals surface area contributed by atoms with E-state index < -0.39 is 0 Å². The zero-order chi connectivity index (χ0) is 5.41. The Bertz CT molecular complexity index is 24.4. The van der Waals surface area contributed by atoms with Gasteiger partial charge < -0.3 is 24.3 Å². The standard InChI is InChI=1S/C3H5O.CH4O.CH3.Zn/c1-2-3-4;1-2;;/h3H,1-2H2;2H,1H3;1H3;/q-1;;-1;+2. The zero-order valence-corrected chi connectivity index (χ0v) is 8.52. The molecule has 0 radical (unpaired) electrons. The minimum Gasteiger partial charge on any atom is -0.400 e. The average molecular weight is 170 g/mol. The monoisotopic (exact) mass is 168 g/mol. The molecule has 8 heavy (non-hydrogen) atoms. The van der Waals surface area contributed by atoms with Crippen molar-refractivity contribution < 1.29 is 29.4 Å². The van der Waals surface area contributed by atoms with Gasteiger partial charge in [0.2, 0.25) is 0 Å². The van der Waals surface area contributed by atoms with Gasteiger partial charge in [0.15, 0.2) is 0 Å². The smallest absolute Gasteiger partial charge is 0.400 e. The van der Waals surface area contributed by atoms with E-state index in [1.54, 1.807) is 0 Å². The van der Waals surface area contributed by atoms with Gasteiger partial charge in [0.25, 0.3) is 0 Å². The quantitative estimate of drug-likeness (QED) is 0.352. The van der Waals surface area contributed by atoms with E-state index in [-0.39, 0.29) is 26.9 Å². The summed E-state index contributed by atoms with van der Waals surface area (Å²) in [6.07, 6.45) is 1.15. The van der Waals surface area contributed by atoms with E-state index in [9.17, 15) is 0 Å². The Kier molecular flexibility index (Phi) is 168. The first-order valence-electron chi connectivity index (χ1n) is 1.59. The van der Waals surface area contributed by atoms with E-state index in [1.165, 1.54) is 0 Å². The molecule has 0 bridgehead atoms. The van der Waals surface area contributed by atoms with Gasteiger partial charge in [0.05, 0.1) is 6.29 Å². The first-order chi connectivity index (χ1) is 2.91. The summed E-state index contributed by atoms with van der Waals surface area (Å²) in [5, 5.41) is 7.00. The van der Waals surface area contributed by atoms with E-state index in [1.807, 2.05) is 0 Å². The van der Waals surface area contributed by atoms with Crippen LogP contribution >= 0.6 is 0 Å². The molecule has 0 aliphatic rings. The molecule has 0 fully saturated rings. The van der Waals surface area contributed by atoms with E-state index in [4.69, 9.17) is 9.90 Å². The van der Waals surface area contributed by atoms with Crippen molar-refractivity contribution in [2.45, 2.75) is 6.42 Å². The van der Waals surface area contributed by atoms with E-state index >= 15 is 0 Å². The largest absolute Gasteiger partial charge is 2.00 e. The average Bonchev–Trinajstić information content (AvgIpc) is 1.72. The number of carbonyl (C=O) groups excluding carboxylic acids is 1. The molecule has 0 rings (SSSR count). The van der Waals surface area contributed by atoms with Crippen molar-refractivity contribution in [3.8, 4) is 0 Å². The van der Waals surface area contributed by atoms with Crippen LogP contribution in [-0.4, -0.2) is 18.5 Å². The predicted octanol–water partition coefficient (Wildman–Crippen LogP) is 0.466. The molecular weight excluding hydrogens is 157 g/mol. The van der Waals surface area contributed by atoms with Crippen molar-refractivity contribution in [2.24, 2.45) is 0 Å². The molecule has 0 aliphatic heterocycles. The molecule has 0 atom stereocenters. The second kappa shape index (κ2) is 55.9. The minimum atomic E-state index is 0. The van der Waals surface area contributed by atoms with E-state index in [0.29, 0.717) is 6.42 Å². The molecule has 0 amide bonds. The summed E-state index contributed by atoms with van der Waals surface area (Å²) < 4.78 is 0. The Morgan fingerprint density at radius 2 is 1.75 bits per heavy atom. The molecule has 46 valence electrons. The molecule has 0 spiro atoms. The Hall–Kier alpha value is 0.253. The zero-order valence-electron chi connectivity index (χ0n) is 5.55. The number of aliphatic hydroxyl groups excluding tert-OH is 1. The fraction of sp³-hybridized carbons (Fsp3) is 0.400. The third-order valence-electron chi connectivity index (χ3n) is 0.118. The van der Waals surface area contributed by atoms with Crippen LogP contribution in [0, 0.1) is 14.4 Å². The van der Waals surface area contributed by atoms with Crippen molar-refractivity contribution >= 4 is 6.29 Å². The maximum Gasteiger partial charge on any atom is 2.00 e. The van der Waals surface area contributed by atoms with Crippen LogP contribution in [0.4, 0.5) is 0 Å². The Morgan fingerprint density at radius 3 is 1.75 bits per heavy atom. The second-order valence-electron chi connectivity index (χ2n) is 0.455. The molecule has 0 saturated heterocycles. The molecular formula is C5H12O2Zn. The summed E-state index contributed by atoms with van der Waals surface area (Å²) in [4.78, 5) is 9.11. The number of aldehydes is 1. The fourth-order valence-corrected chi connectivity index (χ4v) is 0. The van der Waals surface area contributed by atoms with Gasteiger partial charge in [0.1, 0.15) is 0 Å². The third kappa shape index (κ3) is 110. The van der Waals surface area contributed by atoms with Crippen molar-refractivity contribution in [3.05, 3.63) is 14.4 Å². The van der Waals surface area contributed by atoms with Gasteiger partial charge in [-0.1, -0.05) is 0 Å². The summed E-state index contributed by atoms with van der Waals surface area (Å²) in [6.45, 7) is 3.24. The first kappa shape index (κ1) is 24.0. The first-order valence-corrected chi connectivity index (χ1v) is 1.59. The van der Waals surface area contributed by atoms with Gasteiger partial charge in [-0.3, -0.25) is 0 Å². The predicted molar refractivity (Wildman–Crippen MR) is 30.6 cm³/mol. The molecule has 0 saturated carbocycles. The summed E-state index contributed by atoms with van der Waals surface area (Å²) in [6, 6.07) is 0. The topological polar surface area (TPSA) is 37.3 Å². The maximum atomic E-state index is 9.11. The van der Waals surface area contributed by atoms with Crippen molar-refractivity contribution in [1.82, 2.24) is 0 Å². The number of hydrogen-bond donors (Lipinski definition) is 1. The number of rotatable bonds is 1. The number of aliphatic hydroxyl groups is 1. The number of hydrogen-bond acceptors (Lipinski definition) is 2. The van der Waals surface area contributed by atoms with Crippen LogP contribution in [0.15, 0.2) is 0 Å². The molecule has 0 aliphatic carbocycles. The van der Waals surface area contributed by atoms with Crippen LogP contribution in [0.2, 0.25) is 0 Å². The van der Waals surface area contributed by atoms with Gasteiger partial charge >= 0.3 is 19.5 Å². The SMILES string of the molecule is CO.[CH2-]CC=O.[CH3-].[Zn+2]. The maximum absolute atomic E-state index is 9.11. The molecule has 0 heterocycles. The summed E-state index contributed by atoms with van der Waals surface area (Å²) in [5.74, 6) is 0. The molecule has 2 nitrogen and oxygen atoms in total. The Morgan fingerprint density at radius 1 is 1.62 bits per heavy atom. The third-order valence-corrected chi connectivity index (χ3v) is 0.118.